The first kappa shape index (κ1) is 22.7. The van der Waals surface area contributed by atoms with Crippen molar-refractivity contribution >= 4 is 33.2 Å². The summed E-state index contributed by atoms with van der Waals surface area (Å²) < 4.78 is 6.92. The Morgan fingerprint density at radius 1 is 1.03 bits per heavy atom. The third-order valence-corrected chi connectivity index (χ3v) is 8.26. The molecule has 1 amide bonds. The number of anilines is 1. The number of ether oxygens (including phenoxy) is 1. The average Bonchev–Trinajstić information content (AvgIpc) is 3.32. The average molecular weight is 475 g/mol. The summed E-state index contributed by atoms with van der Waals surface area (Å²) in [6.45, 7) is 5.52. The molecule has 34 heavy (non-hydrogen) atoms. The van der Waals surface area contributed by atoms with E-state index >= 15 is 0 Å². The number of nitriles is 1. The summed E-state index contributed by atoms with van der Waals surface area (Å²) in [5.74, 6) is 0. The van der Waals surface area contributed by atoms with Gasteiger partial charge < -0.3 is 19.4 Å². The lowest BCUT2D eigenvalue weighted by Crippen LogP contribution is -2.44. The van der Waals surface area contributed by atoms with E-state index in [-0.39, 0.29) is 12.7 Å². The zero-order chi connectivity index (χ0) is 23.5. The van der Waals surface area contributed by atoms with Crippen LogP contribution in [-0.4, -0.2) is 62.2 Å². The van der Waals surface area contributed by atoms with E-state index in [2.05, 4.69) is 47.2 Å². The molecule has 2 aliphatic heterocycles. The molecule has 0 bridgehead atoms. The number of thiophene rings is 1. The van der Waals surface area contributed by atoms with Gasteiger partial charge in [0.1, 0.15) is 6.61 Å². The van der Waals surface area contributed by atoms with Crippen LogP contribution in [0.1, 0.15) is 23.3 Å². The number of amides is 1. The Bertz CT molecular complexity index is 1190. The van der Waals surface area contributed by atoms with Gasteiger partial charge in [-0.2, -0.15) is 5.26 Å². The number of rotatable bonds is 4. The van der Waals surface area contributed by atoms with E-state index in [0.29, 0.717) is 25.9 Å². The molecule has 0 aliphatic carbocycles. The Kier molecular flexibility index (Phi) is 6.44. The third-order valence-electron chi connectivity index (χ3n) is 7.19. The van der Waals surface area contributed by atoms with Gasteiger partial charge in [0.15, 0.2) is 0 Å². The van der Waals surface area contributed by atoms with Crippen LogP contribution in [0.15, 0.2) is 54.6 Å². The Hall–Kier alpha value is -3.08. The number of hydrogen-bond donors (Lipinski definition) is 0. The molecule has 3 aromatic rings. The minimum absolute atomic E-state index is 0.277. The van der Waals surface area contributed by atoms with Gasteiger partial charge >= 0.3 is 6.09 Å². The molecule has 176 valence electrons. The largest absolute Gasteiger partial charge is 0.444 e. The molecule has 6 nitrogen and oxygen atoms in total. The first-order valence-corrected chi connectivity index (χ1v) is 12.7. The number of carbonyl (C=O) groups is 1. The van der Waals surface area contributed by atoms with E-state index in [9.17, 15) is 10.1 Å². The molecule has 2 fully saturated rings. The van der Waals surface area contributed by atoms with Crippen LogP contribution < -0.4 is 4.90 Å². The van der Waals surface area contributed by atoms with Gasteiger partial charge in [-0.1, -0.05) is 36.4 Å². The highest BCUT2D eigenvalue weighted by Crippen LogP contribution is 2.36. The number of hydrogen-bond acceptors (Lipinski definition) is 6. The van der Waals surface area contributed by atoms with Gasteiger partial charge in [-0.3, -0.25) is 0 Å². The topological polar surface area (TPSA) is 59.8 Å². The SMILES string of the molecule is CN1CCN(c2cccc3sc(COC(=O)N4CCC(C#N)(c5ccccc5)CC4)cc23)CC1. The van der Waals surface area contributed by atoms with Gasteiger partial charge in [0.25, 0.3) is 0 Å². The number of piperazine rings is 1. The standard InChI is InChI=1S/C27H30N4O2S/c1-29-14-16-30(17-15-29)24-8-5-9-25-23(24)18-22(34-25)19-33-26(32)31-12-10-27(20-28,11-13-31)21-6-3-2-4-7-21/h2-9,18H,10-17,19H2,1H3. The smallest absolute Gasteiger partial charge is 0.410 e. The Morgan fingerprint density at radius 3 is 2.47 bits per heavy atom. The summed E-state index contributed by atoms with van der Waals surface area (Å²) in [4.78, 5) is 20.4. The molecule has 7 heteroatoms. The lowest BCUT2D eigenvalue weighted by Gasteiger charge is -2.37. The number of nitrogens with zero attached hydrogens (tertiary/aromatic N) is 4. The third kappa shape index (κ3) is 4.48. The van der Waals surface area contributed by atoms with E-state index in [1.165, 1.54) is 15.8 Å². The van der Waals surface area contributed by atoms with Crippen molar-refractivity contribution in [2.45, 2.75) is 24.9 Å². The van der Waals surface area contributed by atoms with Crippen molar-refractivity contribution in [3.05, 3.63) is 65.0 Å². The maximum atomic E-state index is 12.8. The number of benzene rings is 2. The van der Waals surface area contributed by atoms with Crippen LogP contribution in [0.25, 0.3) is 10.1 Å². The van der Waals surface area contributed by atoms with Crippen LogP contribution in [0, 0.1) is 11.3 Å². The Balaban J connectivity index is 1.21. The molecular weight excluding hydrogens is 444 g/mol. The molecule has 1 aromatic heterocycles. The van der Waals surface area contributed by atoms with E-state index in [4.69, 9.17) is 4.74 Å². The van der Waals surface area contributed by atoms with Crippen LogP contribution >= 0.6 is 11.3 Å². The van der Waals surface area contributed by atoms with E-state index < -0.39 is 5.41 Å². The number of carbonyl (C=O) groups excluding carboxylic acids is 1. The molecule has 0 atom stereocenters. The quantitative estimate of drug-likeness (QED) is 0.541. The molecule has 0 radical (unpaired) electrons. The lowest BCUT2D eigenvalue weighted by atomic mass is 9.74. The molecule has 0 saturated carbocycles. The van der Waals surface area contributed by atoms with Gasteiger partial charge in [-0.05, 0) is 43.7 Å². The van der Waals surface area contributed by atoms with Crippen molar-refractivity contribution in [2.24, 2.45) is 0 Å². The van der Waals surface area contributed by atoms with Gasteiger partial charge in [0.2, 0.25) is 0 Å². The Labute approximate surface area is 204 Å². The van der Waals surface area contributed by atoms with Crippen molar-refractivity contribution in [1.82, 2.24) is 9.80 Å². The predicted molar refractivity (Wildman–Crippen MR) is 136 cm³/mol. The van der Waals surface area contributed by atoms with Crippen LogP contribution in [0.3, 0.4) is 0 Å². The second-order valence-electron chi connectivity index (χ2n) is 9.29. The molecule has 3 heterocycles. The Morgan fingerprint density at radius 2 is 1.76 bits per heavy atom. The maximum absolute atomic E-state index is 12.8. The van der Waals surface area contributed by atoms with Gasteiger partial charge in [-0.25, -0.2) is 4.79 Å². The van der Waals surface area contributed by atoms with Crippen molar-refractivity contribution in [1.29, 1.82) is 5.26 Å². The van der Waals surface area contributed by atoms with Crippen molar-refractivity contribution in [3.8, 4) is 6.07 Å². The summed E-state index contributed by atoms with van der Waals surface area (Å²) in [5, 5.41) is 11.1. The number of likely N-dealkylation sites (tertiary alicyclic amines) is 1. The normalized spacial score (nSPS) is 18.6. The minimum atomic E-state index is -0.525. The molecule has 5 rings (SSSR count). The van der Waals surface area contributed by atoms with Gasteiger partial charge in [0.05, 0.1) is 11.5 Å². The molecule has 0 N–H and O–H groups in total. The van der Waals surface area contributed by atoms with Gasteiger partial charge in [-0.15, -0.1) is 11.3 Å². The van der Waals surface area contributed by atoms with Crippen LogP contribution in [0.5, 0.6) is 0 Å². The number of piperidine rings is 1. The monoisotopic (exact) mass is 474 g/mol. The highest BCUT2D eigenvalue weighted by Gasteiger charge is 2.38. The molecule has 0 unspecified atom stereocenters. The summed E-state index contributed by atoms with van der Waals surface area (Å²) >= 11 is 1.69. The van der Waals surface area contributed by atoms with E-state index in [1.807, 2.05) is 30.3 Å². The van der Waals surface area contributed by atoms with Crippen LogP contribution in [0.4, 0.5) is 10.5 Å². The molecule has 2 saturated heterocycles. The highest BCUT2D eigenvalue weighted by atomic mass is 32.1. The first-order chi connectivity index (χ1) is 16.6. The zero-order valence-corrected chi connectivity index (χ0v) is 20.4. The molecular formula is C27H30N4O2S. The zero-order valence-electron chi connectivity index (χ0n) is 19.6. The van der Waals surface area contributed by atoms with Crippen LogP contribution in [0.2, 0.25) is 0 Å². The van der Waals surface area contributed by atoms with Crippen molar-refractivity contribution in [3.63, 3.8) is 0 Å². The fourth-order valence-corrected chi connectivity index (χ4v) is 6.01. The number of likely N-dealkylation sites (N-methyl/N-ethyl adjacent to an activating group) is 1. The lowest BCUT2D eigenvalue weighted by molar-refractivity contribution is 0.0834. The molecule has 2 aromatic carbocycles. The van der Waals surface area contributed by atoms with Gasteiger partial charge in [0, 0.05) is 59.9 Å². The number of fused-ring (bicyclic) bond motifs is 1. The summed E-state index contributed by atoms with van der Waals surface area (Å²) in [7, 11) is 2.17. The highest BCUT2D eigenvalue weighted by molar-refractivity contribution is 7.19. The predicted octanol–water partition coefficient (Wildman–Crippen LogP) is 4.85. The summed E-state index contributed by atoms with van der Waals surface area (Å²) in [6.07, 6.45) is 0.955. The van der Waals surface area contributed by atoms with Crippen LogP contribution in [-0.2, 0) is 16.8 Å². The molecule has 0 spiro atoms. The molecule has 2 aliphatic rings. The fourth-order valence-electron chi connectivity index (χ4n) is 5.01. The minimum Gasteiger partial charge on any atom is -0.444 e. The van der Waals surface area contributed by atoms with E-state index in [1.54, 1.807) is 16.2 Å². The maximum Gasteiger partial charge on any atom is 0.410 e. The second-order valence-corrected chi connectivity index (χ2v) is 10.5. The van der Waals surface area contributed by atoms with Crippen molar-refractivity contribution in [2.75, 3.05) is 51.2 Å². The summed E-state index contributed by atoms with van der Waals surface area (Å²) in [5.41, 5.74) is 1.78. The fraction of sp³-hybridized carbons (Fsp3) is 0.407. The first-order valence-electron chi connectivity index (χ1n) is 11.9. The van der Waals surface area contributed by atoms with Crippen molar-refractivity contribution < 1.29 is 9.53 Å². The second kappa shape index (κ2) is 9.65. The summed E-state index contributed by atoms with van der Waals surface area (Å²) in [6, 6.07) is 21.1. The van der Waals surface area contributed by atoms with E-state index in [0.717, 1.165) is 36.6 Å².